The van der Waals surface area contributed by atoms with Crippen molar-refractivity contribution in [1.82, 2.24) is 5.32 Å². The number of rotatable bonds is 4. The molecule has 106 valence electrons. The molecule has 0 radical (unpaired) electrons. The molecule has 2 atom stereocenters. The highest BCUT2D eigenvalue weighted by Gasteiger charge is 2.35. The number of aliphatic hydroxyl groups is 1. The maximum atomic E-state index is 9.71. The molecule has 4 heteroatoms. The molecule has 0 spiro atoms. The van der Waals surface area contributed by atoms with Crippen molar-refractivity contribution in [3.63, 3.8) is 0 Å². The Morgan fingerprint density at radius 1 is 1.42 bits per heavy atom. The second-order valence-corrected chi connectivity index (χ2v) is 8.75. The number of aliphatic hydroxyl groups excluding tert-OH is 1. The summed E-state index contributed by atoms with van der Waals surface area (Å²) in [7, 11) is 0. The first-order valence-electron chi connectivity index (χ1n) is 7.31. The van der Waals surface area contributed by atoms with Gasteiger partial charge in [0.15, 0.2) is 0 Å². The molecule has 1 aromatic rings. The van der Waals surface area contributed by atoms with Crippen LogP contribution in [-0.2, 0) is 0 Å². The fourth-order valence-electron chi connectivity index (χ4n) is 3.40. The van der Waals surface area contributed by atoms with Gasteiger partial charge in [0.05, 0.1) is 4.21 Å². The average Bonchev–Trinajstić information content (AvgIpc) is 3.05. The van der Waals surface area contributed by atoms with Crippen molar-refractivity contribution in [2.45, 2.75) is 54.5 Å². The van der Waals surface area contributed by atoms with Gasteiger partial charge < -0.3 is 10.4 Å². The van der Waals surface area contributed by atoms with Crippen LogP contribution in [0, 0.1) is 5.41 Å². The smallest absolute Gasteiger partial charge is 0.0649 e. The third kappa shape index (κ3) is 2.87. The molecule has 2 heterocycles. The van der Waals surface area contributed by atoms with Crippen LogP contribution in [0.4, 0.5) is 0 Å². The largest absolute Gasteiger partial charge is 0.396 e. The van der Waals surface area contributed by atoms with E-state index < -0.39 is 0 Å². The van der Waals surface area contributed by atoms with Crippen LogP contribution in [0.25, 0.3) is 0 Å². The zero-order valence-electron chi connectivity index (χ0n) is 11.5. The van der Waals surface area contributed by atoms with Crippen LogP contribution >= 0.6 is 23.1 Å². The summed E-state index contributed by atoms with van der Waals surface area (Å²) in [6.07, 6.45) is 6.13. The van der Waals surface area contributed by atoms with E-state index in [1.54, 1.807) is 0 Å². The molecular weight excluding hydrogens is 274 g/mol. The predicted octanol–water partition coefficient (Wildman–Crippen LogP) is 3.82. The van der Waals surface area contributed by atoms with Crippen molar-refractivity contribution in [2.75, 3.05) is 13.2 Å². The Bertz CT molecular complexity index is 426. The molecule has 2 nitrogen and oxygen atoms in total. The fraction of sp³-hybridized carbons (Fsp3) is 0.733. The summed E-state index contributed by atoms with van der Waals surface area (Å²) in [4.78, 5) is 0. The first-order valence-corrected chi connectivity index (χ1v) is 9.07. The highest BCUT2D eigenvalue weighted by molar-refractivity contribution is 8.01. The number of thiophene rings is 1. The third-order valence-corrected chi connectivity index (χ3v) is 6.98. The highest BCUT2D eigenvalue weighted by atomic mass is 32.2. The maximum Gasteiger partial charge on any atom is 0.0649 e. The van der Waals surface area contributed by atoms with Crippen molar-refractivity contribution >= 4 is 23.1 Å². The van der Waals surface area contributed by atoms with Crippen LogP contribution < -0.4 is 5.32 Å². The van der Waals surface area contributed by atoms with Gasteiger partial charge in [-0.25, -0.2) is 0 Å². The van der Waals surface area contributed by atoms with Crippen LogP contribution in [0.3, 0.4) is 0 Å². The highest BCUT2D eigenvalue weighted by Crippen LogP contribution is 2.44. The summed E-state index contributed by atoms with van der Waals surface area (Å²) in [6, 6.07) is 2.76. The minimum atomic E-state index is 0.157. The Morgan fingerprint density at radius 3 is 2.95 bits per heavy atom. The molecule has 1 aliphatic heterocycles. The summed E-state index contributed by atoms with van der Waals surface area (Å²) >= 11 is 3.88. The Kier molecular flexibility index (Phi) is 4.22. The van der Waals surface area contributed by atoms with E-state index in [9.17, 15) is 5.11 Å². The van der Waals surface area contributed by atoms with Crippen LogP contribution in [-0.4, -0.2) is 23.5 Å². The van der Waals surface area contributed by atoms with Crippen molar-refractivity contribution in [3.8, 4) is 0 Å². The lowest BCUT2D eigenvalue weighted by Crippen LogP contribution is -2.38. The number of nitrogens with one attached hydrogen (secondary N) is 1. The third-order valence-electron chi connectivity index (χ3n) is 4.63. The van der Waals surface area contributed by atoms with Gasteiger partial charge in [0.25, 0.3) is 0 Å². The van der Waals surface area contributed by atoms with Gasteiger partial charge in [-0.05, 0) is 36.3 Å². The molecule has 1 unspecified atom stereocenters. The zero-order valence-corrected chi connectivity index (χ0v) is 13.2. The molecule has 3 rings (SSSR count). The average molecular weight is 297 g/mol. The molecule has 1 aliphatic carbocycles. The molecule has 2 aliphatic rings. The molecule has 1 saturated carbocycles. The van der Waals surface area contributed by atoms with Gasteiger partial charge in [0.1, 0.15) is 0 Å². The van der Waals surface area contributed by atoms with E-state index in [4.69, 9.17) is 0 Å². The van der Waals surface area contributed by atoms with E-state index in [0.717, 1.165) is 6.54 Å². The Morgan fingerprint density at radius 2 is 2.21 bits per heavy atom. The maximum absolute atomic E-state index is 9.71. The van der Waals surface area contributed by atoms with Crippen molar-refractivity contribution in [2.24, 2.45) is 5.41 Å². The van der Waals surface area contributed by atoms with Gasteiger partial charge in [-0.3, -0.25) is 0 Å². The molecule has 0 bridgehead atoms. The number of hydrogen-bond donors (Lipinski definition) is 2. The number of fused-ring (bicyclic) bond motifs is 1. The van der Waals surface area contributed by atoms with E-state index in [0.29, 0.717) is 17.9 Å². The zero-order chi connectivity index (χ0) is 13.3. The standard InChI is InChI=1S/C15H23NOS2/c1-11-8-13(12-4-7-18-14(12)19-11)16-9-15(10-17)5-2-3-6-15/h4,7,11,13,16-17H,2-3,5-6,8-10H2,1H3/t11-,13?/m0/s1. The first kappa shape index (κ1) is 13.9. The van der Waals surface area contributed by atoms with E-state index in [1.807, 2.05) is 23.1 Å². The summed E-state index contributed by atoms with van der Waals surface area (Å²) in [6.45, 7) is 3.63. The molecule has 19 heavy (non-hydrogen) atoms. The van der Waals surface area contributed by atoms with Crippen LogP contribution in [0.15, 0.2) is 15.7 Å². The molecule has 0 aromatic carbocycles. The number of hydrogen-bond acceptors (Lipinski definition) is 4. The topological polar surface area (TPSA) is 32.3 Å². The van der Waals surface area contributed by atoms with Gasteiger partial charge in [0.2, 0.25) is 0 Å². The van der Waals surface area contributed by atoms with Gasteiger partial charge in [-0.15, -0.1) is 23.1 Å². The minimum Gasteiger partial charge on any atom is -0.396 e. The Labute approximate surface area is 124 Å². The lowest BCUT2D eigenvalue weighted by Gasteiger charge is -2.33. The van der Waals surface area contributed by atoms with Gasteiger partial charge in [0, 0.05) is 29.9 Å². The number of thioether (sulfide) groups is 1. The van der Waals surface area contributed by atoms with E-state index in [-0.39, 0.29) is 5.41 Å². The normalized spacial score (nSPS) is 29.4. The molecular formula is C15H23NOS2. The summed E-state index contributed by atoms with van der Waals surface area (Å²) in [5.41, 5.74) is 1.64. The molecule has 2 N–H and O–H groups in total. The molecule has 0 saturated heterocycles. The minimum absolute atomic E-state index is 0.157. The SMILES string of the molecule is C[C@H]1CC(NCC2(CO)CCCC2)c2ccsc2S1. The van der Waals surface area contributed by atoms with E-state index >= 15 is 0 Å². The van der Waals surface area contributed by atoms with Crippen LogP contribution in [0.1, 0.15) is 50.6 Å². The van der Waals surface area contributed by atoms with Gasteiger partial charge in [-0.1, -0.05) is 19.8 Å². The predicted molar refractivity (Wildman–Crippen MR) is 83.0 cm³/mol. The second kappa shape index (κ2) is 5.76. The first-order chi connectivity index (χ1) is 9.22. The van der Waals surface area contributed by atoms with E-state index in [1.165, 1.54) is 41.9 Å². The summed E-state index contributed by atoms with van der Waals surface area (Å²) in [5, 5.41) is 16.4. The second-order valence-electron chi connectivity index (χ2n) is 6.13. The Balaban J connectivity index is 1.67. The van der Waals surface area contributed by atoms with Crippen molar-refractivity contribution in [1.29, 1.82) is 0 Å². The van der Waals surface area contributed by atoms with Crippen molar-refractivity contribution in [3.05, 3.63) is 17.0 Å². The van der Waals surface area contributed by atoms with Crippen LogP contribution in [0.5, 0.6) is 0 Å². The summed E-state index contributed by atoms with van der Waals surface area (Å²) in [5.74, 6) is 0. The lowest BCUT2D eigenvalue weighted by atomic mass is 9.86. The molecule has 0 amide bonds. The van der Waals surface area contributed by atoms with Crippen molar-refractivity contribution < 1.29 is 5.11 Å². The summed E-state index contributed by atoms with van der Waals surface area (Å²) < 4.78 is 1.49. The van der Waals surface area contributed by atoms with E-state index in [2.05, 4.69) is 23.7 Å². The molecule has 1 aromatic heterocycles. The Hall–Kier alpha value is -0.0300. The van der Waals surface area contributed by atoms with Gasteiger partial charge in [-0.2, -0.15) is 0 Å². The van der Waals surface area contributed by atoms with Gasteiger partial charge >= 0.3 is 0 Å². The van der Waals surface area contributed by atoms with Crippen LogP contribution in [0.2, 0.25) is 0 Å². The molecule has 1 fully saturated rings. The monoisotopic (exact) mass is 297 g/mol. The quantitative estimate of drug-likeness (QED) is 0.886. The fourth-order valence-corrected chi connectivity index (χ4v) is 5.96. The lowest BCUT2D eigenvalue weighted by molar-refractivity contribution is 0.124.